The highest BCUT2D eigenvalue weighted by molar-refractivity contribution is 7.10. The van der Waals surface area contributed by atoms with Gasteiger partial charge in [0.15, 0.2) is 0 Å². The lowest BCUT2D eigenvalue weighted by Crippen LogP contribution is -2.55. The van der Waals surface area contributed by atoms with Crippen LogP contribution in [-0.4, -0.2) is 36.6 Å². The van der Waals surface area contributed by atoms with Gasteiger partial charge in [0, 0.05) is 10.4 Å². The highest BCUT2D eigenvalue weighted by atomic mass is 32.1. The lowest BCUT2D eigenvalue weighted by molar-refractivity contribution is -0.00850. The third-order valence-electron chi connectivity index (χ3n) is 4.83. The Morgan fingerprint density at radius 2 is 1.87 bits per heavy atom. The van der Waals surface area contributed by atoms with Crippen LogP contribution >= 0.6 is 11.3 Å². The number of rotatable bonds is 4. The summed E-state index contributed by atoms with van der Waals surface area (Å²) < 4.78 is 16.4. The Hall–Kier alpha value is -3.26. The number of fused-ring (bicyclic) bond motifs is 3. The van der Waals surface area contributed by atoms with E-state index in [4.69, 9.17) is 14.2 Å². The summed E-state index contributed by atoms with van der Waals surface area (Å²) in [5.41, 5.74) is 3.47. The van der Waals surface area contributed by atoms with Gasteiger partial charge in [-0.25, -0.2) is 15.0 Å². The maximum atomic E-state index is 12.8. The van der Waals surface area contributed by atoms with Crippen LogP contribution in [0.2, 0.25) is 0 Å². The fraction of sp³-hybridized carbons (Fsp3) is 0.273. The van der Waals surface area contributed by atoms with E-state index in [2.05, 4.69) is 5.43 Å². The number of nitrogens with zero attached hydrogens (tertiary/aromatic N) is 1. The Morgan fingerprint density at radius 1 is 1.07 bits per heavy atom. The number of ether oxygens (including phenoxy) is 3. The minimum Gasteiger partial charge on any atom is -0.467 e. The molecule has 0 fully saturated rings. The molecule has 0 saturated carbocycles. The van der Waals surface area contributed by atoms with E-state index in [0.717, 1.165) is 26.2 Å². The lowest BCUT2D eigenvalue weighted by atomic mass is 9.92. The molecule has 1 N–H and O–H groups in total. The summed E-state index contributed by atoms with van der Waals surface area (Å²) in [5.74, 6) is 0.356. The molecule has 1 aliphatic rings. The minimum atomic E-state index is -0.826. The molecule has 2 atom stereocenters. The number of thiophene rings is 1. The van der Waals surface area contributed by atoms with E-state index >= 15 is 0 Å². The zero-order valence-corrected chi connectivity index (χ0v) is 17.5. The number of amides is 2. The molecule has 0 unspecified atom stereocenters. The molecule has 30 heavy (non-hydrogen) atoms. The summed E-state index contributed by atoms with van der Waals surface area (Å²) in [4.78, 5) is 25.9. The fourth-order valence-electron chi connectivity index (χ4n) is 3.66. The number of hydrogen-bond acceptors (Lipinski definition) is 6. The topological polar surface area (TPSA) is 77.1 Å². The average molecular weight is 426 g/mol. The Bertz CT molecular complexity index is 1050. The van der Waals surface area contributed by atoms with E-state index in [1.54, 1.807) is 25.2 Å². The quantitative estimate of drug-likeness (QED) is 0.602. The standard InChI is InChI=1S/C22H22N2O5S/c1-3-27-21(25)23-24(22(26)28-4-2)20-19(17-10-7-13-30-17)18-15-9-6-5-8-14(15)11-12-16(18)29-20/h5-13,19-20H,3-4H2,1-2H3,(H,23,25)/t19-,20-/m0/s1. The smallest absolute Gasteiger partial charge is 0.432 e. The molecule has 0 spiro atoms. The maximum absolute atomic E-state index is 12.8. The molecule has 1 aliphatic heterocycles. The predicted molar refractivity (Wildman–Crippen MR) is 114 cm³/mol. The first-order valence-corrected chi connectivity index (χ1v) is 10.6. The van der Waals surface area contributed by atoms with Crippen molar-refractivity contribution in [2.75, 3.05) is 13.2 Å². The van der Waals surface area contributed by atoms with E-state index < -0.39 is 18.4 Å². The van der Waals surface area contributed by atoms with E-state index in [1.165, 1.54) is 0 Å². The van der Waals surface area contributed by atoms with Gasteiger partial charge in [-0.15, -0.1) is 11.3 Å². The molecular formula is C22H22N2O5S. The van der Waals surface area contributed by atoms with Crippen molar-refractivity contribution < 1.29 is 23.8 Å². The zero-order valence-electron chi connectivity index (χ0n) is 16.7. The van der Waals surface area contributed by atoms with Crippen molar-refractivity contribution in [3.8, 4) is 5.75 Å². The van der Waals surface area contributed by atoms with Gasteiger partial charge >= 0.3 is 12.2 Å². The predicted octanol–water partition coefficient (Wildman–Crippen LogP) is 4.87. The second-order valence-corrected chi connectivity index (χ2v) is 7.58. The molecule has 2 aromatic carbocycles. The molecule has 156 valence electrons. The van der Waals surface area contributed by atoms with E-state index in [-0.39, 0.29) is 19.1 Å². The van der Waals surface area contributed by atoms with Crippen molar-refractivity contribution in [3.63, 3.8) is 0 Å². The molecule has 3 aromatic rings. The Balaban J connectivity index is 1.81. The van der Waals surface area contributed by atoms with Crippen molar-refractivity contribution in [1.29, 1.82) is 0 Å². The molecule has 0 aliphatic carbocycles. The van der Waals surface area contributed by atoms with Crippen LogP contribution in [0, 0.1) is 0 Å². The van der Waals surface area contributed by atoms with Crippen molar-refractivity contribution >= 4 is 34.3 Å². The third kappa shape index (κ3) is 3.66. The average Bonchev–Trinajstić information content (AvgIpc) is 3.39. The summed E-state index contributed by atoms with van der Waals surface area (Å²) in [7, 11) is 0. The summed E-state index contributed by atoms with van der Waals surface area (Å²) in [6.07, 6.45) is -2.29. The Morgan fingerprint density at radius 3 is 2.60 bits per heavy atom. The van der Waals surface area contributed by atoms with Gasteiger partial charge in [-0.1, -0.05) is 36.4 Å². The Kier molecular flexibility index (Phi) is 5.76. The lowest BCUT2D eigenvalue weighted by Gasteiger charge is -2.30. The summed E-state index contributed by atoms with van der Waals surface area (Å²) in [5, 5.41) is 5.17. The monoisotopic (exact) mass is 426 g/mol. The first-order valence-electron chi connectivity index (χ1n) is 9.75. The van der Waals surface area contributed by atoms with Gasteiger partial charge in [0.2, 0.25) is 6.23 Å². The zero-order chi connectivity index (χ0) is 21.1. The van der Waals surface area contributed by atoms with Gasteiger partial charge in [-0.05, 0) is 42.1 Å². The van der Waals surface area contributed by atoms with Gasteiger partial charge in [0.1, 0.15) is 5.75 Å². The van der Waals surface area contributed by atoms with Crippen LogP contribution in [-0.2, 0) is 9.47 Å². The van der Waals surface area contributed by atoms with Gasteiger partial charge in [0.25, 0.3) is 0 Å². The van der Waals surface area contributed by atoms with E-state index in [1.807, 2.05) is 53.9 Å². The first kappa shape index (κ1) is 20.0. The number of carbonyl (C=O) groups is 2. The molecule has 0 saturated heterocycles. The summed E-state index contributed by atoms with van der Waals surface area (Å²) >= 11 is 1.56. The molecule has 2 amide bonds. The van der Waals surface area contributed by atoms with Crippen molar-refractivity contribution in [1.82, 2.24) is 10.4 Å². The molecule has 4 rings (SSSR count). The van der Waals surface area contributed by atoms with E-state index in [0.29, 0.717) is 5.75 Å². The van der Waals surface area contributed by atoms with Crippen molar-refractivity contribution in [2.45, 2.75) is 26.0 Å². The Labute approximate surface area is 178 Å². The number of hydrogen-bond donors (Lipinski definition) is 1. The number of benzene rings is 2. The van der Waals surface area contributed by atoms with Crippen LogP contribution < -0.4 is 10.2 Å². The highest BCUT2D eigenvalue weighted by Crippen LogP contribution is 2.48. The van der Waals surface area contributed by atoms with Gasteiger partial charge in [-0.3, -0.25) is 0 Å². The van der Waals surface area contributed by atoms with Crippen LogP contribution in [0.25, 0.3) is 10.8 Å². The molecule has 1 aromatic heterocycles. The van der Waals surface area contributed by atoms with Crippen LogP contribution in [0.15, 0.2) is 53.9 Å². The maximum Gasteiger partial charge on any atom is 0.432 e. The van der Waals surface area contributed by atoms with Gasteiger partial charge < -0.3 is 14.2 Å². The fourth-order valence-corrected chi connectivity index (χ4v) is 4.51. The second kappa shape index (κ2) is 8.62. The molecule has 0 radical (unpaired) electrons. The molecule has 8 heteroatoms. The molecule has 2 heterocycles. The largest absolute Gasteiger partial charge is 0.467 e. The second-order valence-electron chi connectivity index (χ2n) is 6.60. The summed E-state index contributed by atoms with van der Waals surface area (Å²) in [6, 6.07) is 15.9. The molecule has 7 nitrogen and oxygen atoms in total. The SMILES string of the molecule is CCOC(=O)NN(C(=O)OCC)[C@H]1Oc2ccc3ccccc3c2[C@@H]1c1cccs1. The minimum absolute atomic E-state index is 0.159. The van der Waals surface area contributed by atoms with Crippen LogP contribution in [0.3, 0.4) is 0 Å². The van der Waals surface area contributed by atoms with Crippen molar-refractivity contribution in [3.05, 3.63) is 64.4 Å². The first-order chi connectivity index (χ1) is 14.6. The number of nitrogens with one attached hydrogen (secondary N) is 1. The van der Waals surface area contributed by atoms with Crippen LogP contribution in [0.1, 0.15) is 30.2 Å². The van der Waals surface area contributed by atoms with E-state index in [9.17, 15) is 9.59 Å². The van der Waals surface area contributed by atoms with Gasteiger partial charge in [0.05, 0.1) is 19.1 Å². The molecular weight excluding hydrogens is 404 g/mol. The van der Waals surface area contributed by atoms with Crippen molar-refractivity contribution in [2.24, 2.45) is 0 Å². The normalized spacial score (nSPS) is 17.1. The number of carbonyl (C=O) groups excluding carboxylic acids is 2. The van der Waals surface area contributed by atoms with Crippen LogP contribution in [0.5, 0.6) is 5.75 Å². The van der Waals surface area contributed by atoms with Gasteiger partial charge in [-0.2, -0.15) is 5.01 Å². The van der Waals surface area contributed by atoms with Crippen LogP contribution in [0.4, 0.5) is 9.59 Å². The number of hydrazine groups is 1. The summed E-state index contributed by atoms with van der Waals surface area (Å²) in [6.45, 7) is 3.73. The molecule has 0 bridgehead atoms. The highest BCUT2D eigenvalue weighted by Gasteiger charge is 2.44. The third-order valence-corrected chi connectivity index (χ3v) is 5.79.